The molecule has 0 aromatic carbocycles. The highest BCUT2D eigenvalue weighted by Gasteiger charge is 2.10. The van der Waals surface area contributed by atoms with Crippen molar-refractivity contribution in [1.82, 2.24) is 0 Å². The zero-order valence-corrected chi connectivity index (χ0v) is 5.49. The first-order valence-corrected chi connectivity index (χ1v) is 2.93. The van der Waals surface area contributed by atoms with Crippen molar-refractivity contribution in [2.24, 2.45) is 0 Å². The maximum absolute atomic E-state index is 10.5. The van der Waals surface area contributed by atoms with Crippen LogP contribution >= 0.6 is 12.2 Å². The number of nitrogens with one attached hydrogen (secondary N) is 1. The van der Waals surface area contributed by atoms with E-state index in [-0.39, 0.29) is 12.2 Å². The number of rotatable bonds is 0. The van der Waals surface area contributed by atoms with Crippen molar-refractivity contribution in [3.8, 4) is 0 Å². The van der Waals surface area contributed by atoms with Crippen LogP contribution in [0.4, 0.5) is 0 Å². The molecule has 1 aliphatic carbocycles. The molecule has 1 rings (SSSR count). The first-order chi connectivity index (χ1) is 4.20. The SMILES string of the molecule is N=C1C=CC(=O)CC1=S. The lowest BCUT2D eigenvalue weighted by atomic mass is 10.1. The van der Waals surface area contributed by atoms with Crippen molar-refractivity contribution < 1.29 is 4.79 Å². The summed E-state index contributed by atoms with van der Waals surface area (Å²) in [5.74, 6) is -0.00370. The van der Waals surface area contributed by atoms with Gasteiger partial charge in [-0.2, -0.15) is 0 Å². The van der Waals surface area contributed by atoms with Crippen molar-refractivity contribution in [2.75, 3.05) is 0 Å². The summed E-state index contributed by atoms with van der Waals surface area (Å²) in [7, 11) is 0. The molecule has 0 atom stereocenters. The number of carbonyl (C=O) groups excluding carboxylic acids is 1. The molecule has 2 nitrogen and oxygen atoms in total. The molecule has 0 aromatic rings. The molecule has 0 saturated heterocycles. The molecule has 1 aliphatic rings. The summed E-state index contributed by atoms with van der Waals surface area (Å²) in [6.45, 7) is 0. The molecule has 0 radical (unpaired) electrons. The molecule has 0 saturated carbocycles. The molecule has 0 heterocycles. The smallest absolute Gasteiger partial charge is 0.161 e. The molecule has 0 unspecified atom stereocenters. The fraction of sp³-hybridized carbons (Fsp3) is 0.167. The third-order valence-corrected chi connectivity index (χ3v) is 1.44. The van der Waals surface area contributed by atoms with Gasteiger partial charge in [-0.15, -0.1) is 0 Å². The Hall–Kier alpha value is -0.830. The van der Waals surface area contributed by atoms with Gasteiger partial charge in [0.15, 0.2) is 5.78 Å². The number of thiocarbonyl (C=S) groups is 1. The number of hydrogen-bond acceptors (Lipinski definition) is 3. The topological polar surface area (TPSA) is 40.9 Å². The maximum Gasteiger partial charge on any atom is 0.161 e. The summed E-state index contributed by atoms with van der Waals surface area (Å²) >= 11 is 4.71. The number of ketones is 1. The minimum absolute atomic E-state index is 0.00370. The van der Waals surface area contributed by atoms with Gasteiger partial charge in [-0.05, 0) is 12.2 Å². The van der Waals surface area contributed by atoms with Crippen LogP contribution in [0.5, 0.6) is 0 Å². The third kappa shape index (κ3) is 1.29. The molecule has 9 heavy (non-hydrogen) atoms. The number of hydrogen-bond donors (Lipinski definition) is 1. The highest BCUT2D eigenvalue weighted by atomic mass is 32.1. The molecule has 1 N–H and O–H groups in total. The quantitative estimate of drug-likeness (QED) is 0.507. The summed E-state index contributed by atoms with van der Waals surface area (Å²) in [5, 5.41) is 7.10. The van der Waals surface area contributed by atoms with E-state index in [9.17, 15) is 4.79 Å². The Kier molecular flexibility index (Phi) is 1.53. The molecule has 0 fully saturated rings. The second-order valence-corrected chi connectivity index (χ2v) is 2.31. The lowest BCUT2D eigenvalue weighted by Crippen LogP contribution is -2.16. The van der Waals surface area contributed by atoms with Crippen molar-refractivity contribution in [1.29, 1.82) is 5.41 Å². The van der Waals surface area contributed by atoms with Gasteiger partial charge >= 0.3 is 0 Å². The average Bonchev–Trinajstić information content (AvgIpc) is 1.80. The van der Waals surface area contributed by atoms with Crippen LogP contribution in [0, 0.1) is 5.41 Å². The van der Waals surface area contributed by atoms with Crippen molar-refractivity contribution in [2.45, 2.75) is 6.42 Å². The first-order valence-electron chi connectivity index (χ1n) is 2.53. The number of carbonyl (C=O) groups is 1. The van der Waals surface area contributed by atoms with E-state index in [1.807, 2.05) is 0 Å². The van der Waals surface area contributed by atoms with Crippen LogP contribution in [0.1, 0.15) is 6.42 Å². The Balaban J connectivity index is 2.89. The van der Waals surface area contributed by atoms with Gasteiger partial charge in [0, 0.05) is 11.3 Å². The minimum atomic E-state index is -0.00370. The fourth-order valence-corrected chi connectivity index (χ4v) is 0.792. The fourth-order valence-electron chi connectivity index (χ4n) is 0.582. The predicted octanol–water partition coefficient (Wildman–Crippen LogP) is 0.905. The minimum Gasteiger partial charge on any atom is -0.300 e. The van der Waals surface area contributed by atoms with Crippen LogP contribution in [0.25, 0.3) is 0 Å². The van der Waals surface area contributed by atoms with Gasteiger partial charge in [0.1, 0.15) is 0 Å². The van der Waals surface area contributed by atoms with Gasteiger partial charge in [-0.3, -0.25) is 10.2 Å². The van der Waals surface area contributed by atoms with E-state index < -0.39 is 0 Å². The Labute approximate surface area is 58.1 Å². The van der Waals surface area contributed by atoms with Crippen LogP contribution in [-0.2, 0) is 4.79 Å². The molecular formula is C6H5NOS. The van der Waals surface area contributed by atoms with Crippen molar-refractivity contribution >= 4 is 28.6 Å². The lowest BCUT2D eigenvalue weighted by Gasteiger charge is -2.02. The van der Waals surface area contributed by atoms with Gasteiger partial charge in [0.25, 0.3) is 0 Å². The summed E-state index contributed by atoms with van der Waals surface area (Å²) < 4.78 is 0. The molecule has 0 aromatic heterocycles. The van der Waals surface area contributed by atoms with Gasteiger partial charge in [0.05, 0.1) is 5.71 Å². The average molecular weight is 139 g/mol. The Morgan fingerprint density at radius 2 is 2.22 bits per heavy atom. The zero-order chi connectivity index (χ0) is 6.85. The maximum atomic E-state index is 10.5. The standard InChI is InChI=1S/C6H5NOS/c7-5-2-1-4(8)3-6(5)9/h1-2,7H,3H2. The van der Waals surface area contributed by atoms with E-state index in [1.54, 1.807) is 0 Å². The van der Waals surface area contributed by atoms with Crippen LogP contribution in [0.15, 0.2) is 12.2 Å². The Bertz CT molecular complexity index is 217. The van der Waals surface area contributed by atoms with E-state index in [2.05, 4.69) is 0 Å². The normalized spacial score (nSPS) is 18.9. The van der Waals surface area contributed by atoms with Gasteiger partial charge in [0.2, 0.25) is 0 Å². The lowest BCUT2D eigenvalue weighted by molar-refractivity contribution is -0.113. The molecule has 0 spiro atoms. The van der Waals surface area contributed by atoms with E-state index in [0.717, 1.165) is 0 Å². The van der Waals surface area contributed by atoms with Crippen molar-refractivity contribution in [3.63, 3.8) is 0 Å². The Morgan fingerprint density at radius 3 is 2.67 bits per heavy atom. The molecular weight excluding hydrogens is 134 g/mol. The summed E-state index contributed by atoms with van der Waals surface area (Å²) in [5.41, 5.74) is 0.296. The largest absolute Gasteiger partial charge is 0.300 e. The first kappa shape index (κ1) is 6.29. The molecule has 0 bridgehead atoms. The monoisotopic (exact) mass is 139 g/mol. The van der Waals surface area contributed by atoms with E-state index >= 15 is 0 Å². The van der Waals surface area contributed by atoms with E-state index in [0.29, 0.717) is 10.6 Å². The second kappa shape index (κ2) is 2.19. The van der Waals surface area contributed by atoms with E-state index in [1.165, 1.54) is 12.2 Å². The summed E-state index contributed by atoms with van der Waals surface area (Å²) in [4.78, 5) is 11.0. The van der Waals surface area contributed by atoms with Gasteiger partial charge in [-0.25, -0.2) is 0 Å². The Morgan fingerprint density at radius 1 is 1.56 bits per heavy atom. The predicted molar refractivity (Wildman–Crippen MR) is 39.1 cm³/mol. The molecule has 3 heteroatoms. The second-order valence-electron chi connectivity index (χ2n) is 1.81. The highest BCUT2D eigenvalue weighted by Crippen LogP contribution is 2.00. The van der Waals surface area contributed by atoms with Crippen molar-refractivity contribution in [3.05, 3.63) is 12.2 Å². The van der Waals surface area contributed by atoms with E-state index in [4.69, 9.17) is 17.6 Å². The van der Waals surface area contributed by atoms with Crippen LogP contribution in [0.2, 0.25) is 0 Å². The van der Waals surface area contributed by atoms with Gasteiger partial charge in [-0.1, -0.05) is 12.2 Å². The molecule has 0 amide bonds. The van der Waals surface area contributed by atoms with Gasteiger partial charge < -0.3 is 0 Å². The highest BCUT2D eigenvalue weighted by molar-refractivity contribution is 7.82. The molecule has 0 aliphatic heterocycles. The summed E-state index contributed by atoms with van der Waals surface area (Å²) in [6.07, 6.45) is 3.07. The summed E-state index contributed by atoms with van der Waals surface area (Å²) in [6, 6.07) is 0. The number of allylic oxidation sites excluding steroid dienone is 2. The molecule has 46 valence electrons. The van der Waals surface area contributed by atoms with Crippen LogP contribution in [-0.4, -0.2) is 16.4 Å². The third-order valence-electron chi connectivity index (χ3n) is 1.07. The zero-order valence-electron chi connectivity index (χ0n) is 4.68. The van der Waals surface area contributed by atoms with Crippen LogP contribution in [0.3, 0.4) is 0 Å². The van der Waals surface area contributed by atoms with Crippen LogP contribution < -0.4 is 0 Å².